The van der Waals surface area contributed by atoms with Gasteiger partial charge in [-0.2, -0.15) is 0 Å². The highest BCUT2D eigenvalue weighted by molar-refractivity contribution is 6.03. The largest absolute Gasteiger partial charge is 0.487 e. The lowest BCUT2D eigenvalue weighted by Gasteiger charge is -2.32. The average Bonchev–Trinajstić information content (AvgIpc) is 2.45. The Hall–Kier alpha value is -2.15. The maximum Gasteiger partial charge on any atom is 0.341 e. The van der Waals surface area contributed by atoms with Gasteiger partial charge in [0, 0.05) is 6.04 Å². The van der Waals surface area contributed by atoms with Gasteiger partial charge in [0.1, 0.15) is 11.7 Å². The van der Waals surface area contributed by atoms with E-state index in [1.54, 1.807) is 0 Å². The van der Waals surface area contributed by atoms with E-state index in [0.29, 0.717) is 12.8 Å². The van der Waals surface area contributed by atoms with Gasteiger partial charge >= 0.3 is 11.9 Å². The summed E-state index contributed by atoms with van der Waals surface area (Å²) in [6.45, 7) is 0. The molecule has 1 aromatic carbocycles. The van der Waals surface area contributed by atoms with Crippen molar-refractivity contribution in [3.63, 3.8) is 0 Å². The van der Waals surface area contributed by atoms with Crippen LogP contribution in [0.2, 0.25) is 0 Å². The van der Waals surface area contributed by atoms with Gasteiger partial charge in [-0.25, -0.2) is 14.0 Å². The van der Waals surface area contributed by atoms with E-state index in [1.165, 1.54) is 12.1 Å². The standard InChI is InChI=1S/C14H16FNO5/c1-19-13(17)9-3-4-10(21-8-5-7(16)6-8)12(15)11(9)14(18)20-2/h3-4,7-8H,5-6,16H2,1-2H3/t7-,8-. The Bertz CT molecular complexity index is 569. The van der Waals surface area contributed by atoms with E-state index in [-0.39, 0.29) is 23.5 Å². The second-order valence-corrected chi connectivity index (χ2v) is 4.75. The minimum Gasteiger partial charge on any atom is -0.487 e. The molecule has 0 saturated heterocycles. The monoisotopic (exact) mass is 297 g/mol. The number of rotatable bonds is 4. The summed E-state index contributed by atoms with van der Waals surface area (Å²) >= 11 is 0. The van der Waals surface area contributed by atoms with Crippen molar-refractivity contribution in [1.29, 1.82) is 0 Å². The van der Waals surface area contributed by atoms with Crippen LogP contribution in [-0.4, -0.2) is 38.3 Å². The highest BCUT2D eigenvalue weighted by Gasteiger charge is 2.31. The van der Waals surface area contributed by atoms with Gasteiger partial charge < -0.3 is 19.9 Å². The molecule has 1 aromatic rings. The van der Waals surface area contributed by atoms with Crippen LogP contribution in [0, 0.1) is 5.82 Å². The molecule has 0 spiro atoms. The molecule has 0 aromatic heterocycles. The van der Waals surface area contributed by atoms with Crippen LogP contribution in [0.4, 0.5) is 4.39 Å². The van der Waals surface area contributed by atoms with Crippen molar-refractivity contribution in [2.75, 3.05) is 14.2 Å². The molecule has 1 fully saturated rings. The fourth-order valence-electron chi connectivity index (χ4n) is 2.11. The predicted octanol–water partition coefficient (Wildman–Crippen LogP) is 1.27. The van der Waals surface area contributed by atoms with Crippen LogP contribution in [0.25, 0.3) is 0 Å². The number of carbonyl (C=O) groups is 2. The molecule has 0 aliphatic heterocycles. The first kappa shape index (κ1) is 15.2. The summed E-state index contributed by atoms with van der Waals surface area (Å²) in [7, 11) is 2.24. The molecule has 1 aliphatic carbocycles. The van der Waals surface area contributed by atoms with Gasteiger partial charge in [-0.05, 0) is 25.0 Å². The summed E-state index contributed by atoms with van der Waals surface area (Å²) in [6, 6.07) is 2.61. The molecule has 0 unspecified atom stereocenters. The first-order valence-electron chi connectivity index (χ1n) is 6.39. The van der Waals surface area contributed by atoms with Gasteiger partial charge in [-0.1, -0.05) is 0 Å². The highest BCUT2D eigenvalue weighted by atomic mass is 19.1. The normalized spacial score (nSPS) is 20.4. The van der Waals surface area contributed by atoms with Crippen molar-refractivity contribution in [2.24, 2.45) is 5.73 Å². The van der Waals surface area contributed by atoms with Crippen molar-refractivity contribution >= 4 is 11.9 Å². The van der Waals surface area contributed by atoms with Crippen molar-refractivity contribution in [3.05, 3.63) is 29.1 Å². The fourth-order valence-corrected chi connectivity index (χ4v) is 2.11. The third-order valence-corrected chi connectivity index (χ3v) is 3.33. The second kappa shape index (κ2) is 6.09. The number of halogens is 1. The molecule has 0 radical (unpaired) electrons. The Morgan fingerprint density at radius 1 is 1.19 bits per heavy atom. The summed E-state index contributed by atoms with van der Waals surface area (Å²) < 4.78 is 28.9. The van der Waals surface area contributed by atoms with E-state index in [2.05, 4.69) is 9.47 Å². The van der Waals surface area contributed by atoms with Crippen LogP contribution >= 0.6 is 0 Å². The molecule has 0 bridgehead atoms. The third-order valence-electron chi connectivity index (χ3n) is 3.33. The quantitative estimate of drug-likeness (QED) is 0.842. The number of nitrogens with two attached hydrogens (primary N) is 1. The van der Waals surface area contributed by atoms with Gasteiger partial charge in [0.05, 0.1) is 19.8 Å². The Morgan fingerprint density at radius 2 is 1.81 bits per heavy atom. The molecule has 1 aliphatic rings. The average molecular weight is 297 g/mol. The SMILES string of the molecule is COC(=O)c1ccc(O[C@H]2C[C@H](N)C2)c(F)c1C(=O)OC. The number of ether oxygens (including phenoxy) is 3. The number of hydrogen-bond acceptors (Lipinski definition) is 6. The van der Waals surface area contributed by atoms with E-state index in [4.69, 9.17) is 10.5 Å². The number of hydrogen-bond donors (Lipinski definition) is 1. The molecule has 1 saturated carbocycles. The number of methoxy groups -OCH3 is 2. The number of esters is 2. The Labute approximate surface area is 121 Å². The lowest BCUT2D eigenvalue weighted by Crippen LogP contribution is -2.43. The first-order chi connectivity index (χ1) is 9.97. The molecule has 6 nitrogen and oxygen atoms in total. The Kier molecular flexibility index (Phi) is 4.42. The van der Waals surface area contributed by atoms with E-state index in [0.717, 1.165) is 14.2 Å². The van der Waals surface area contributed by atoms with E-state index in [9.17, 15) is 14.0 Å². The lowest BCUT2D eigenvalue weighted by atomic mass is 9.90. The maximum absolute atomic E-state index is 14.4. The van der Waals surface area contributed by atoms with Crippen LogP contribution in [0.5, 0.6) is 5.75 Å². The van der Waals surface area contributed by atoms with Crippen molar-refractivity contribution in [3.8, 4) is 5.75 Å². The summed E-state index contributed by atoms with van der Waals surface area (Å²) in [4.78, 5) is 23.3. The second-order valence-electron chi connectivity index (χ2n) is 4.75. The van der Waals surface area contributed by atoms with Crippen LogP contribution in [0.15, 0.2) is 12.1 Å². The molecule has 0 heterocycles. The predicted molar refractivity (Wildman–Crippen MR) is 70.7 cm³/mol. The van der Waals surface area contributed by atoms with Gasteiger partial charge in [-0.3, -0.25) is 0 Å². The zero-order chi connectivity index (χ0) is 15.6. The van der Waals surface area contributed by atoms with E-state index in [1.807, 2.05) is 0 Å². The first-order valence-corrected chi connectivity index (χ1v) is 6.39. The summed E-state index contributed by atoms with van der Waals surface area (Å²) in [6.07, 6.45) is 1.04. The van der Waals surface area contributed by atoms with Crippen molar-refractivity contribution in [2.45, 2.75) is 25.0 Å². The maximum atomic E-state index is 14.4. The van der Waals surface area contributed by atoms with Crippen molar-refractivity contribution in [1.82, 2.24) is 0 Å². The fraction of sp³-hybridized carbons (Fsp3) is 0.429. The summed E-state index contributed by atoms with van der Waals surface area (Å²) in [5.74, 6) is -2.85. The van der Waals surface area contributed by atoms with E-state index >= 15 is 0 Å². The van der Waals surface area contributed by atoms with Crippen LogP contribution in [0.3, 0.4) is 0 Å². The zero-order valence-electron chi connectivity index (χ0n) is 11.7. The third kappa shape index (κ3) is 2.97. The molecule has 114 valence electrons. The minimum atomic E-state index is -0.969. The summed E-state index contributed by atoms with van der Waals surface area (Å²) in [5, 5.41) is 0. The Balaban J connectivity index is 2.36. The van der Waals surface area contributed by atoms with Crippen LogP contribution in [-0.2, 0) is 9.47 Å². The minimum absolute atomic E-state index is 0.0486. The number of benzene rings is 1. The Morgan fingerprint density at radius 3 is 2.33 bits per heavy atom. The molecule has 21 heavy (non-hydrogen) atoms. The molecule has 7 heteroatoms. The zero-order valence-corrected chi connectivity index (χ0v) is 11.7. The topological polar surface area (TPSA) is 87.9 Å². The van der Waals surface area contributed by atoms with E-state index < -0.39 is 23.3 Å². The van der Waals surface area contributed by atoms with Crippen LogP contribution < -0.4 is 10.5 Å². The summed E-state index contributed by atoms with van der Waals surface area (Å²) in [5.41, 5.74) is 4.93. The lowest BCUT2D eigenvalue weighted by molar-refractivity contribution is 0.0546. The van der Waals surface area contributed by atoms with Crippen LogP contribution in [0.1, 0.15) is 33.6 Å². The van der Waals surface area contributed by atoms with Gasteiger partial charge in [0.2, 0.25) is 0 Å². The molecule has 2 rings (SSSR count). The molecular weight excluding hydrogens is 281 g/mol. The molecule has 0 amide bonds. The molecular formula is C14H16FNO5. The van der Waals surface area contributed by atoms with Gasteiger partial charge in [0.25, 0.3) is 0 Å². The smallest absolute Gasteiger partial charge is 0.341 e. The van der Waals surface area contributed by atoms with Gasteiger partial charge in [0.15, 0.2) is 11.6 Å². The molecule has 2 N–H and O–H groups in total. The highest BCUT2D eigenvalue weighted by Crippen LogP contribution is 2.30. The van der Waals surface area contributed by atoms with Gasteiger partial charge in [-0.15, -0.1) is 0 Å². The molecule has 0 atom stereocenters. The number of carbonyl (C=O) groups excluding carboxylic acids is 2. The van der Waals surface area contributed by atoms with Crippen molar-refractivity contribution < 1.29 is 28.2 Å².